The molecule has 23 heavy (non-hydrogen) atoms. The number of nitrogens with one attached hydrogen (secondary N) is 2. The zero-order chi connectivity index (χ0) is 16.7. The van der Waals surface area contributed by atoms with E-state index in [0.717, 1.165) is 36.0 Å². The molecule has 7 heteroatoms. The van der Waals surface area contributed by atoms with Gasteiger partial charge >= 0.3 is 0 Å². The summed E-state index contributed by atoms with van der Waals surface area (Å²) in [7, 11) is 1.79. The van der Waals surface area contributed by atoms with Gasteiger partial charge in [-0.3, -0.25) is 4.99 Å². The van der Waals surface area contributed by atoms with E-state index in [2.05, 4.69) is 51.7 Å². The molecule has 2 heterocycles. The Morgan fingerprint density at radius 2 is 2.17 bits per heavy atom. The van der Waals surface area contributed by atoms with E-state index in [1.165, 1.54) is 9.88 Å². The topological polar surface area (TPSA) is 62.2 Å². The maximum absolute atomic E-state index is 4.65. The summed E-state index contributed by atoms with van der Waals surface area (Å²) in [4.78, 5) is 14.6. The maximum Gasteiger partial charge on any atom is 0.191 e. The standard InChI is InChI=1S/C16H25N5S2/c1-5-13-8-19-14(23-13)9-20-16(17-4)18-7-6-12-10-22-15(21-12)11(2)3/h8,10-11H,5-7,9H2,1-4H3,(H2,17,18,20). The minimum Gasteiger partial charge on any atom is -0.356 e. The normalized spacial score (nSPS) is 12.0. The second-order valence-electron chi connectivity index (χ2n) is 5.51. The van der Waals surface area contributed by atoms with Crippen molar-refractivity contribution in [2.24, 2.45) is 4.99 Å². The quantitative estimate of drug-likeness (QED) is 0.594. The number of thiazole rings is 2. The highest BCUT2D eigenvalue weighted by atomic mass is 32.1. The molecule has 126 valence electrons. The smallest absolute Gasteiger partial charge is 0.191 e. The van der Waals surface area contributed by atoms with Crippen LogP contribution in [-0.2, 0) is 19.4 Å². The van der Waals surface area contributed by atoms with Crippen LogP contribution in [-0.4, -0.2) is 29.5 Å². The molecule has 0 spiro atoms. The van der Waals surface area contributed by atoms with Crippen LogP contribution in [0.25, 0.3) is 0 Å². The number of guanidine groups is 1. The van der Waals surface area contributed by atoms with Crippen LogP contribution in [0.15, 0.2) is 16.6 Å². The predicted octanol–water partition coefficient (Wildman–Crippen LogP) is 3.19. The first-order valence-corrected chi connectivity index (χ1v) is 9.64. The predicted molar refractivity (Wildman–Crippen MR) is 99.6 cm³/mol. The molecular weight excluding hydrogens is 326 g/mol. The number of aromatic nitrogens is 2. The molecule has 0 atom stereocenters. The monoisotopic (exact) mass is 351 g/mol. The molecule has 5 nitrogen and oxygen atoms in total. The Balaban J connectivity index is 1.74. The summed E-state index contributed by atoms with van der Waals surface area (Å²) < 4.78 is 0. The number of hydrogen-bond donors (Lipinski definition) is 2. The largest absolute Gasteiger partial charge is 0.356 e. The zero-order valence-electron chi connectivity index (χ0n) is 14.2. The zero-order valence-corrected chi connectivity index (χ0v) is 15.9. The molecule has 0 saturated carbocycles. The van der Waals surface area contributed by atoms with E-state index in [-0.39, 0.29) is 0 Å². The van der Waals surface area contributed by atoms with E-state index >= 15 is 0 Å². The van der Waals surface area contributed by atoms with Crippen molar-refractivity contribution in [1.82, 2.24) is 20.6 Å². The van der Waals surface area contributed by atoms with Gasteiger partial charge in [-0.15, -0.1) is 22.7 Å². The summed E-state index contributed by atoms with van der Waals surface area (Å²) in [6.07, 6.45) is 3.89. The third-order valence-corrected chi connectivity index (χ3v) is 5.65. The number of aryl methyl sites for hydroxylation is 1. The van der Waals surface area contributed by atoms with Crippen LogP contribution >= 0.6 is 22.7 Å². The molecule has 0 aliphatic rings. The summed E-state index contributed by atoms with van der Waals surface area (Å²) in [6, 6.07) is 0. The molecule has 2 aromatic rings. The van der Waals surface area contributed by atoms with Gasteiger partial charge in [0.1, 0.15) is 5.01 Å². The summed E-state index contributed by atoms with van der Waals surface area (Å²) in [5.74, 6) is 1.31. The minimum absolute atomic E-state index is 0.502. The van der Waals surface area contributed by atoms with Crippen LogP contribution in [0.1, 0.15) is 47.3 Å². The van der Waals surface area contributed by atoms with Gasteiger partial charge in [-0.2, -0.15) is 0 Å². The average Bonchev–Trinajstić information content (AvgIpc) is 3.19. The first-order chi connectivity index (χ1) is 11.1. The lowest BCUT2D eigenvalue weighted by atomic mass is 10.2. The fraction of sp³-hybridized carbons (Fsp3) is 0.562. The Kier molecular flexibility index (Phi) is 6.98. The fourth-order valence-corrected chi connectivity index (χ4v) is 3.66. The molecule has 0 fully saturated rings. The molecule has 2 N–H and O–H groups in total. The number of aliphatic imine (C=N–C) groups is 1. The Morgan fingerprint density at radius 1 is 1.35 bits per heavy atom. The number of nitrogens with zero attached hydrogens (tertiary/aromatic N) is 3. The Hall–Kier alpha value is -1.47. The van der Waals surface area contributed by atoms with Crippen molar-refractivity contribution in [1.29, 1.82) is 0 Å². The molecule has 0 unspecified atom stereocenters. The van der Waals surface area contributed by atoms with E-state index in [4.69, 9.17) is 0 Å². The second kappa shape index (κ2) is 8.98. The highest BCUT2D eigenvalue weighted by Gasteiger charge is 2.06. The maximum atomic E-state index is 4.65. The van der Waals surface area contributed by atoms with Crippen LogP contribution < -0.4 is 10.6 Å². The number of hydrogen-bond acceptors (Lipinski definition) is 5. The van der Waals surface area contributed by atoms with Gasteiger partial charge in [-0.05, 0) is 6.42 Å². The first-order valence-electron chi connectivity index (χ1n) is 7.94. The van der Waals surface area contributed by atoms with Crippen LogP contribution in [0.5, 0.6) is 0 Å². The van der Waals surface area contributed by atoms with E-state index in [9.17, 15) is 0 Å². The van der Waals surface area contributed by atoms with Gasteiger partial charge in [0, 0.05) is 42.4 Å². The van der Waals surface area contributed by atoms with E-state index in [0.29, 0.717) is 12.5 Å². The van der Waals surface area contributed by atoms with Crippen molar-refractivity contribution in [3.05, 3.63) is 32.2 Å². The Bertz CT molecular complexity index is 630. The third kappa shape index (κ3) is 5.58. The van der Waals surface area contributed by atoms with Crippen LogP contribution in [0.3, 0.4) is 0 Å². The third-order valence-electron chi connectivity index (χ3n) is 3.32. The molecule has 0 aliphatic heterocycles. The Morgan fingerprint density at radius 3 is 2.78 bits per heavy atom. The van der Waals surface area contributed by atoms with Gasteiger partial charge in [0.25, 0.3) is 0 Å². The molecule has 2 aromatic heterocycles. The number of rotatable bonds is 7. The molecular formula is C16H25N5S2. The van der Waals surface area contributed by atoms with Crippen molar-refractivity contribution in [2.75, 3.05) is 13.6 Å². The molecule has 0 radical (unpaired) electrons. The second-order valence-corrected chi connectivity index (χ2v) is 7.60. The van der Waals surface area contributed by atoms with E-state index < -0.39 is 0 Å². The molecule has 0 aliphatic carbocycles. The summed E-state index contributed by atoms with van der Waals surface area (Å²) in [5.41, 5.74) is 1.15. The van der Waals surface area contributed by atoms with Gasteiger partial charge in [0.15, 0.2) is 5.96 Å². The van der Waals surface area contributed by atoms with Crippen LogP contribution in [0.2, 0.25) is 0 Å². The van der Waals surface area contributed by atoms with Gasteiger partial charge < -0.3 is 10.6 Å². The van der Waals surface area contributed by atoms with Crippen LogP contribution in [0, 0.1) is 0 Å². The van der Waals surface area contributed by atoms with Crippen molar-refractivity contribution < 1.29 is 0 Å². The molecule has 0 saturated heterocycles. The summed E-state index contributed by atoms with van der Waals surface area (Å²) >= 11 is 3.49. The lowest BCUT2D eigenvalue weighted by molar-refractivity contribution is 0.775. The van der Waals surface area contributed by atoms with Crippen molar-refractivity contribution in [2.45, 2.75) is 46.1 Å². The Labute approximate surface area is 146 Å². The average molecular weight is 352 g/mol. The molecule has 0 bridgehead atoms. The highest BCUT2D eigenvalue weighted by molar-refractivity contribution is 7.11. The lowest BCUT2D eigenvalue weighted by Crippen LogP contribution is -2.37. The van der Waals surface area contributed by atoms with Crippen molar-refractivity contribution in [3.8, 4) is 0 Å². The first kappa shape index (κ1) is 17.9. The summed E-state index contributed by atoms with van der Waals surface area (Å²) in [6.45, 7) is 8.02. The molecule has 2 rings (SSSR count). The van der Waals surface area contributed by atoms with Crippen molar-refractivity contribution >= 4 is 28.6 Å². The van der Waals surface area contributed by atoms with E-state index in [1.807, 2.05) is 6.20 Å². The molecule has 0 aromatic carbocycles. The summed E-state index contributed by atoms with van der Waals surface area (Å²) in [5, 5.41) is 11.1. The van der Waals surface area contributed by atoms with Gasteiger partial charge in [-0.1, -0.05) is 20.8 Å². The van der Waals surface area contributed by atoms with Gasteiger partial charge in [-0.25, -0.2) is 9.97 Å². The fourth-order valence-electron chi connectivity index (χ4n) is 1.98. The van der Waals surface area contributed by atoms with E-state index in [1.54, 1.807) is 29.7 Å². The SMILES string of the molecule is CCc1cnc(CNC(=NC)NCCc2csc(C(C)C)n2)s1. The lowest BCUT2D eigenvalue weighted by Gasteiger charge is -2.10. The van der Waals surface area contributed by atoms with Gasteiger partial charge in [0.05, 0.1) is 17.2 Å². The van der Waals surface area contributed by atoms with Gasteiger partial charge in [0.2, 0.25) is 0 Å². The van der Waals surface area contributed by atoms with Crippen molar-refractivity contribution in [3.63, 3.8) is 0 Å². The highest BCUT2D eigenvalue weighted by Crippen LogP contribution is 2.19. The molecule has 0 amide bonds. The minimum atomic E-state index is 0.502. The van der Waals surface area contributed by atoms with Crippen LogP contribution in [0.4, 0.5) is 0 Å².